The quantitative estimate of drug-likeness (QED) is 0.564. The van der Waals surface area contributed by atoms with Gasteiger partial charge < -0.3 is 15.4 Å². The van der Waals surface area contributed by atoms with Crippen LogP contribution in [0.3, 0.4) is 0 Å². The van der Waals surface area contributed by atoms with Crippen molar-refractivity contribution in [2.75, 3.05) is 43.5 Å². The van der Waals surface area contributed by atoms with Gasteiger partial charge in [0, 0.05) is 26.8 Å². The minimum absolute atomic E-state index is 0. The zero-order valence-corrected chi connectivity index (χ0v) is 17.9. The second kappa shape index (κ2) is 8.48. The topological polar surface area (TPSA) is 67.2 Å². The van der Waals surface area contributed by atoms with Crippen molar-refractivity contribution in [3.63, 3.8) is 0 Å². The Morgan fingerprint density at radius 2 is 1.75 bits per heavy atom. The van der Waals surface area contributed by atoms with Crippen LogP contribution in [0.1, 0.15) is 21.3 Å². The van der Waals surface area contributed by atoms with E-state index in [-0.39, 0.29) is 14.1 Å². The minimum Gasteiger partial charge on any atom is -0.383 e. The van der Waals surface area contributed by atoms with Crippen LogP contribution in [-0.2, 0) is 4.74 Å². The lowest BCUT2D eigenvalue weighted by atomic mass is 9.95. The third-order valence-electron chi connectivity index (χ3n) is 6.08. The van der Waals surface area contributed by atoms with Gasteiger partial charge in [-0.25, -0.2) is 13.5 Å². The summed E-state index contributed by atoms with van der Waals surface area (Å²) in [6.45, 7) is 6.65. The van der Waals surface area contributed by atoms with E-state index in [0.717, 1.165) is 55.9 Å². The van der Waals surface area contributed by atoms with Crippen molar-refractivity contribution in [3.05, 3.63) is 59.9 Å². The summed E-state index contributed by atoms with van der Waals surface area (Å²) in [5, 5.41) is 11.1. The lowest BCUT2D eigenvalue weighted by molar-refractivity contribution is -0.125. The number of ether oxygens (including phenoxy) is 1. The molecular weight excluding hydrogens is 414 g/mol. The summed E-state index contributed by atoms with van der Waals surface area (Å²) in [7, 11) is 0. The molecule has 1 aromatic heterocycles. The second-order valence-electron chi connectivity index (χ2n) is 8.62. The number of aryl methyl sites for hydroxylation is 1. The maximum absolute atomic E-state index is 13.5. The van der Waals surface area contributed by atoms with Gasteiger partial charge in [-0.3, -0.25) is 4.90 Å². The fourth-order valence-electron chi connectivity index (χ4n) is 4.39. The molecule has 2 aliphatic heterocycles. The highest BCUT2D eigenvalue weighted by Crippen LogP contribution is 2.30. The first kappa shape index (κ1) is 20.8. The summed E-state index contributed by atoms with van der Waals surface area (Å²) in [6, 6.07) is 9.34. The molecule has 2 fully saturated rings. The second-order valence-corrected chi connectivity index (χ2v) is 8.62. The van der Waals surface area contributed by atoms with E-state index >= 15 is 0 Å². The lowest BCUT2D eigenvalue weighted by Gasteiger charge is -2.48. The zero-order chi connectivity index (χ0) is 22.1. The van der Waals surface area contributed by atoms with Gasteiger partial charge in [0.1, 0.15) is 18.0 Å². The molecule has 5 rings (SSSR count). The normalized spacial score (nSPS) is 17.8. The highest BCUT2D eigenvalue weighted by molar-refractivity contribution is 5.63. The predicted molar refractivity (Wildman–Crippen MR) is 123 cm³/mol. The Morgan fingerprint density at radius 1 is 1.03 bits per heavy atom. The van der Waals surface area contributed by atoms with E-state index < -0.39 is 11.6 Å². The van der Waals surface area contributed by atoms with Gasteiger partial charge in [0.05, 0.1) is 24.4 Å². The Balaban J connectivity index is 0.00000162. The molecule has 7 nitrogen and oxygen atoms in total. The van der Waals surface area contributed by atoms with Crippen LogP contribution in [0.4, 0.5) is 26.1 Å². The van der Waals surface area contributed by atoms with Crippen molar-refractivity contribution in [2.24, 2.45) is 0 Å². The monoisotopic (exact) mass is 444 g/mol. The number of hydrogen-bond acceptors (Lipinski definition) is 6. The Labute approximate surface area is 188 Å². The van der Waals surface area contributed by atoms with Gasteiger partial charge in [0.2, 0.25) is 5.95 Å². The van der Waals surface area contributed by atoms with E-state index in [1.807, 2.05) is 19.1 Å². The highest BCUT2D eigenvalue weighted by Gasteiger charge is 2.44. The number of halogens is 2. The summed E-state index contributed by atoms with van der Waals surface area (Å²) in [4.78, 5) is 6.76. The molecule has 32 heavy (non-hydrogen) atoms. The van der Waals surface area contributed by atoms with Gasteiger partial charge in [0.25, 0.3) is 0 Å². The van der Waals surface area contributed by atoms with Gasteiger partial charge >= 0.3 is 0 Å². The smallest absolute Gasteiger partial charge is 0.246 e. The van der Waals surface area contributed by atoms with Crippen LogP contribution in [0.2, 0.25) is 0 Å². The molecule has 2 saturated heterocycles. The number of rotatable bonds is 7. The molecular formula is C23H30F2N6O. The molecule has 2 N–H and O–H groups in total. The third-order valence-corrected chi connectivity index (χ3v) is 6.08. The number of likely N-dealkylation sites (tertiary alicyclic amines) is 1. The molecule has 0 unspecified atom stereocenters. The van der Waals surface area contributed by atoms with Crippen LogP contribution in [0, 0.1) is 18.6 Å². The molecule has 9 heteroatoms. The molecule has 2 aromatic carbocycles. The summed E-state index contributed by atoms with van der Waals surface area (Å²) >= 11 is 0. The number of nitrogens with one attached hydrogen (secondary N) is 2. The van der Waals surface area contributed by atoms with E-state index in [1.54, 1.807) is 0 Å². The van der Waals surface area contributed by atoms with Crippen LogP contribution >= 0.6 is 0 Å². The van der Waals surface area contributed by atoms with Gasteiger partial charge in [-0.2, -0.15) is 4.98 Å². The van der Waals surface area contributed by atoms with E-state index in [1.165, 1.54) is 36.0 Å². The minimum atomic E-state index is -0.664. The maximum Gasteiger partial charge on any atom is 0.246 e. The van der Waals surface area contributed by atoms with Crippen molar-refractivity contribution < 1.29 is 16.4 Å². The summed E-state index contributed by atoms with van der Waals surface area (Å²) < 4.78 is 33.9. The van der Waals surface area contributed by atoms with Crippen LogP contribution in [0.25, 0.3) is 5.69 Å². The molecule has 0 amide bonds. The van der Waals surface area contributed by atoms with E-state index in [9.17, 15) is 8.78 Å². The predicted octanol–water partition coefficient (Wildman–Crippen LogP) is 4.37. The Kier molecular flexibility index (Phi) is 5.52. The van der Waals surface area contributed by atoms with E-state index in [4.69, 9.17) is 4.74 Å². The molecule has 172 valence electrons. The summed E-state index contributed by atoms with van der Waals surface area (Å²) in [5.41, 5.74) is 3.27. The largest absolute Gasteiger partial charge is 0.383 e. The van der Waals surface area contributed by atoms with Crippen molar-refractivity contribution in [1.82, 2.24) is 19.7 Å². The molecule has 3 aromatic rings. The number of nitrogens with zero attached hydrogens (tertiary/aromatic N) is 4. The van der Waals surface area contributed by atoms with Crippen molar-refractivity contribution >= 4 is 17.3 Å². The number of hydrogen-bond donors (Lipinski definition) is 2. The summed E-state index contributed by atoms with van der Waals surface area (Å²) in [6.07, 6.45) is 3.92. The summed E-state index contributed by atoms with van der Waals surface area (Å²) in [5.74, 6) is -0.988. The maximum atomic E-state index is 13.5. The molecule has 0 atom stereocenters. The first-order valence-electron chi connectivity index (χ1n) is 10.8. The zero-order valence-electron chi connectivity index (χ0n) is 17.9. The van der Waals surface area contributed by atoms with Gasteiger partial charge in [-0.1, -0.05) is 0 Å². The number of benzene rings is 2. The number of anilines is 3. The molecule has 0 saturated carbocycles. The van der Waals surface area contributed by atoms with Crippen LogP contribution in [0.5, 0.6) is 0 Å². The van der Waals surface area contributed by atoms with E-state index in [0.29, 0.717) is 5.95 Å². The number of aromatic nitrogens is 3. The molecule has 0 radical (unpaired) electrons. The first-order valence-corrected chi connectivity index (χ1v) is 10.8. The Morgan fingerprint density at radius 3 is 2.44 bits per heavy atom. The Hall–Kier alpha value is -3.04. The van der Waals surface area contributed by atoms with Crippen LogP contribution in [0.15, 0.2) is 42.7 Å². The molecule has 0 aliphatic carbocycles. The molecule has 0 bridgehead atoms. The molecule has 3 heterocycles. The SMILES string of the molecule is Cc1cc(NCC2(N3CCCC3)COC2)cc(Nc2ncn(-c3cc(F)cc(F)c3)n2)c1.[HH].[HH]. The van der Waals surface area contributed by atoms with Crippen molar-refractivity contribution in [2.45, 2.75) is 25.3 Å². The first-order chi connectivity index (χ1) is 15.5. The fraction of sp³-hybridized carbons (Fsp3) is 0.391. The van der Waals surface area contributed by atoms with Crippen molar-refractivity contribution in [1.29, 1.82) is 0 Å². The highest BCUT2D eigenvalue weighted by atomic mass is 19.1. The molecule has 2 aliphatic rings. The van der Waals surface area contributed by atoms with Gasteiger partial charge in [-0.05, 0) is 68.8 Å². The third kappa shape index (κ3) is 4.31. The fourth-order valence-corrected chi connectivity index (χ4v) is 4.39. The molecule has 0 spiro atoms. The Bertz CT molecular complexity index is 1100. The lowest BCUT2D eigenvalue weighted by Crippen LogP contribution is -2.65. The van der Waals surface area contributed by atoms with E-state index in [2.05, 4.69) is 31.7 Å². The average Bonchev–Trinajstić information content (AvgIpc) is 3.39. The standard InChI is InChI=1S/C23H26F2N6O.2H2/c1-16-6-19(26-12-23(13-32-14-23)30-4-2-3-5-30)11-20(7-16)28-22-27-15-31(29-22)21-9-17(24)8-18(25)10-21;;/h6-11,15,26H,2-5,12-14H2,1H3,(H,28,29);2*1H. The van der Waals surface area contributed by atoms with Crippen LogP contribution in [-0.4, -0.2) is 58.1 Å². The average molecular weight is 445 g/mol. The van der Waals surface area contributed by atoms with Gasteiger partial charge in [-0.15, -0.1) is 5.10 Å². The van der Waals surface area contributed by atoms with Gasteiger partial charge in [0.15, 0.2) is 0 Å². The van der Waals surface area contributed by atoms with Crippen molar-refractivity contribution in [3.8, 4) is 5.69 Å². The van der Waals surface area contributed by atoms with Crippen LogP contribution < -0.4 is 10.6 Å².